The number of aromatic nitrogens is 1. The van der Waals surface area contributed by atoms with E-state index >= 15 is 0 Å². The summed E-state index contributed by atoms with van der Waals surface area (Å²) in [7, 11) is 0. The maximum absolute atomic E-state index is 11.8. The lowest BCUT2D eigenvalue weighted by atomic mass is 10.4. The molecule has 0 aliphatic carbocycles. The Morgan fingerprint density at radius 3 is 2.67 bits per heavy atom. The van der Waals surface area contributed by atoms with Gasteiger partial charge in [-0.2, -0.15) is 13.2 Å². The topological polar surface area (TPSA) is 48.1 Å². The minimum Gasteiger partial charge on any atom is -0.476 e. The summed E-state index contributed by atoms with van der Waals surface area (Å²) in [5, 5.41) is 0.302. The molecule has 3 nitrogen and oxygen atoms in total. The molecule has 0 saturated carbocycles. The normalized spacial score (nSPS) is 11.5. The number of nitrogen functional groups attached to an aromatic ring is 1. The van der Waals surface area contributed by atoms with Gasteiger partial charge in [0.1, 0.15) is 0 Å². The van der Waals surface area contributed by atoms with Crippen molar-refractivity contribution in [2.75, 3.05) is 12.3 Å². The molecule has 1 rings (SSSR count). The maximum Gasteiger partial charge on any atom is 0.392 e. The summed E-state index contributed by atoms with van der Waals surface area (Å²) >= 11 is 5.55. The highest BCUT2D eigenvalue weighted by Gasteiger charge is 2.27. The molecule has 0 aliphatic rings. The fourth-order valence-electron chi connectivity index (χ4n) is 0.826. The van der Waals surface area contributed by atoms with Crippen molar-refractivity contribution in [1.29, 1.82) is 0 Å². The minimum atomic E-state index is -4.25. The minimum absolute atomic E-state index is 0.0383. The average Bonchev–Trinajstić information content (AvgIpc) is 2.07. The van der Waals surface area contributed by atoms with Crippen molar-refractivity contribution in [3.05, 3.63) is 17.3 Å². The molecule has 0 amide bonds. The lowest BCUT2D eigenvalue weighted by Gasteiger charge is -2.09. The van der Waals surface area contributed by atoms with Crippen LogP contribution in [0.5, 0.6) is 5.88 Å². The first-order chi connectivity index (χ1) is 6.88. The smallest absolute Gasteiger partial charge is 0.392 e. The van der Waals surface area contributed by atoms with Gasteiger partial charge >= 0.3 is 6.18 Å². The van der Waals surface area contributed by atoms with Gasteiger partial charge < -0.3 is 10.5 Å². The summed E-state index contributed by atoms with van der Waals surface area (Å²) in [5.74, 6) is -0.0383. The largest absolute Gasteiger partial charge is 0.476 e. The van der Waals surface area contributed by atoms with Crippen molar-refractivity contribution in [2.45, 2.75) is 12.6 Å². The number of pyridine rings is 1. The Morgan fingerprint density at radius 2 is 2.13 bits per heavy atom. The standard InChI is InChI=1S/C8H8ClF3N2O/c9-5-3-6(13)7(14-4-5)15-2-1-8(10,11)12/h3-4H,1-2,13H2. The number of hydrogen-bond donors (Lipinski definition) is 1. The third-order valence-electron chi connectivity index (χ3n) is 1.47. The highest BCUT2D eigenvalue weighted by Crippen LogP contribution is 2.23. The molecular formula is C8H8ClF3N2O. The molecule has 84 valence electrons. The van der Waals surface area contributed by atoms with E-state index in [0.717, 1.165) is 0 Å². The second kappa shape index (κ2) is 4.57. The number of nitrogens with zero attached hydrogens (tertiary/aromatic N) is 1. The van der Waals surface area contributed by atoms with Gasteiger partial charge in [0.15, 0.2) is 0 Å². The van der Waals surface area contributed by atoms with Crippen LogP contribution in [0.2, 0.25) is 5.02 Å². The van der Waals surface area contributed by atoms with Crippen LogP contribution in [-0.4, -0.2) is 17.8 Å². The molecule has 2 N–H and O–H groups in total. The number of alkyl halides is 3. The molecule has 0 spiro atoms. The lowest BCUT2D eigenvalue weighted by Crippen LogP contribution is -2.13. The van der Waals surface area contributed by atoms with E-state index in [-0.39, 0.29) is 11.6 Å². The van der Waals surface area contributed by atoms with E-state index in [1.807, 2.05) is 0 Å². The van der Waals surface area contributed by atoms with E-state index in [1.165, 1.54) is 12.3 Å². The summed E-state index contributed by atoms with van der Waals surface area (Å²) < 4.78 is 40.1. The molecule has 0 atom stereocenters. The fourth-order valence-corrected chi connectivity index (χ4v) is 0.993. The zero-order chi connectivity index (χ0) is 11.5. The van der Waals surface area contributed by atoms with Crippen LogP contribution in [0, 0.1) is 0 Å². The Morgan fingerprint density at radius 1 is 1.47 bits per heavy atom. The van der Waals surface area contributed by atoms with Crippen LogP contribution in [0.1, 0.15) is 6.42 Å². The Kier molecular flexibility index (Phi) is 3.62. The zero-order valence-corrected chi connectivity index (χ0v) is 8.27. The Bertz CT molecular complexity index is 343. The highest BCUT2D eigenvalue weighted by molar-refractivity contribution is 6.30. The number of rotatable bonds is 3. The lowest BCUT2D eigenvalue weighted by molar-refractivity contribution is -0.139. The number of anilines is 1. The number of ether oxygens (including phenoxy) is 1. The zero-order valence-electron chi connectivity index (χ0n) is 7.51. The van der Waals surface area contributed by atoms with Gasteiger partial charge in [-0.3, -0.25) is 0 Å². The van der Waals surface area contributed by atoms with Crippen LogP contribution in [0.4, 0.5) is 18.9 Å². The van der Waals surface area contributed by atoms with E-state index < -0.39 is 19.2 Å². The van der Waals surface area contributed by atoms with E-state index in [0.29, 0.717) is 5.02 Å². The van der Waals surface area contributed by atoms with Gasteiger partial charge in [0.05, 0.1) is 23.7 Å². The van der Waals surface area contributed by atoms with E-state index in [2.05, 4.69) is 4.98 Å². The van der Waals surface area contributed by atoms with Gasteiger partial charge in [0.25, 0.3) is 0 Å². The summed E-state index contributed by atoms with van der Waals surface area (Å²) in [4.78, 5) is 3.65. The van der Waals surface area contributed by atoms with Crippen LogP contribution < -0.4 is 10.5 Å². The Hall–Kier alpha value is -1.17. The summed E-state index contributed by atoms with van der Waals surface area (Å²) in [6, 6.07) is 1.36. The van der Waals surface area contributed by atoms with Gasteiger partial charge in [-0.05, 0) is 6.07 Å². The van der Waals surface area contributed by atoms with Crippen LogP contribution in [-0.2, 0) is 0 Å². The van der Waals surface area contributed by atoms with E-state index in [1.54, 1.807) is 0 Å². The molecule has 0 unspecified atom stereocenters. The maximum atomic E-state index is 11.8. The van der Waals surface area contributed by atoms with Gasteiger partial charge in [0.2, 0.25) is 5.88 Å². The Balaban J connectivity index is 2.51. The monoisotopic (exact) mass is 240 g/mol. The van der Waals surface area contributed by atoms with Crippen LogP contribution >= 0.6 is 11.6 Å². The fraction of sp³-hybridized carbons (Fsp3) is 0.375. The van der Waals surface area contributed by atoms with Crippen molar-refractivity contribution in [1.82, 2.24) is 4.98 Å². The highest BCUT2D eigenvalue weighted by atomic mass is 35.5. The Labute approximate surface area is 89.0 Å². The van der Waals surface area contributed by atoms with Crippen LogP contribution in [0.3, 0.4) is 0 Å². The SMILES string of the molecule is Nc1cc(Cl)cnc1OCCC(F)(F)F. The third kappa shape index (κ3) is 4.24. The van der Waals surface area contributed by atoms with Gasteiger partial charge in [-0.1, -0.05) is 11.6 Å². The molecular weight excluding hydrogens is 233 g/mol. The molecule has 1 aromatic rings. The van der Waals surface area contributed by atoms with Gasteiger partial charge in [-0.25, -0.2) is 4.98 Å². The molecule has 0 radical (unpaired) electrons. The number of halogens is 4. The van der Waals surface area contributed by atoms with Gasteiger partial charge in [0, 0.05) is 6.20 Å². The predicted octanol–water partition coefficient (Wildman–Crippen LogP) is 2.65. The second-order valence-corrected chi connectivity index (χ2v) is 3.20. The first-order valence-electron chi connectivity index (χ1n) is 3.99. The molecule has 7 heteroatoms. The summed E-state index contributed by atoms with van der Waals surface area (Å²) in [6.07, 6.45) is -4.04. The second-order valence-electron chi connectivity index (χ2n) is 2.76. The van der Waals surface area contributed by atoms with Crippen LogP contribution in [0.25, 0.3) is 0 Å². The number of nitrogens with two attached hydrogens (primary N) is 1. The number of hydrogen-bond acceptors (Lipinski definition) is 3. The molecule has 0 aromatic carbocycles. The average molecular weight is 241 g/mol. The van der Waals surface area contributed by atoms with Crippen molar-refractivity contribution in [2.24, 2.45) is 0 Å². The predicted molar refractivity (Wildman–Crippen MR) is 49.8 cm³/mol. The first-order valence-corrected chi connectivity index (χ1v) is 4.37. The molecule has 0 saturated heterocycles. The van der Waals surface area contributed by atoms with Gasteiger partial charge in [-0.15, -0.1) is 0 Å². The molecule has 1 aromatic heterocycles. The molecule has 0 fully saturated rings. The summed E-state index contributed by atoms with van der Waals surface area (Å²) in [6.45, 7) is -0.512. The van der Waals surface area contributed by atoms with Crippen LogP contribution in [0.15, 0.2) is 12.3 Å². The molecule has 0 aliphatic heterocycles. The molecule has 1 heterocycles. The first kappa shape index (κ1) is 11.9. The van der Waals surface area contributed by atoms with Crippen molar-refractivity contribution >= 4 is 17.3 Å². The third-order valence-corrected chi connectivity index (χ3v) is 1.68. The molecule has 0 bridgehead atoms. The van der Waals surface area contributed by atoms with Crippen molar-refractivity contribution in [3.8, 4) is 5.88 Å². The van der Waals surface area contributed by atoms with Crippen molar-refractivity contribution in [3.63, 3.8) is 0 Å². The quantitative estimate of drug-likeness (QED) is 0.884. The van der Waals surface area contributed by atoms with E-state index in [4.69, 9.17) is 22.1 Å². The molecule has 15 heavy (non-hydrogen) atoms. The van der Waals surface area contributed by atoms with E-state index in [9.17, 15) is 13.2 Å². The summed E-state index contributed by atoms with van der Waals surface area (Å²) in [5.41, 5.74) is 5.53. The van der Waals surface area contributed by atoms with Crippen molar-refractivity contribution < 1.29 is 17.9 Å².